The third kappa shape index (κ3) is 6.51. The van der Waals surface area contributed by atoms with E-state index >= 15 is 0 Å². The van der Waals surface area contributed by atoms with Crippen molar-refractivity contribution < 1.29 is 0 Å². The van der Waals surface area contributed by atoms with Gasteiger partial charge in [0.1, 0.15) is 0 Å². The Morgan fingerprint density at radius 2 is 0.718 bits per heavy atom. The van der Waals surface area contributed by atoms with Crippen LogP contribution in [-0.2, 0) is 6.54 Å². The average molecular weight is 566 g/mol. The third-order valence-electron chi connectivity index (χ3n) is 7.38. The Labute approximate surface area is 241 Å². The van der Waals surface area contributed by atoms with Gasteiger partial charge in [-0.15, -0.1) is 12.4 Å². The van der Waals surface area contributed by atoms with Crippen LogP contribution in [0.2, 0.25) is 0 Å². The van der Waals surface area contributed by atoms with Crippen LogP contribution in [0, 0.1) is 0 Å². The second-order valence-corrected chi connectivity index (χ2v) is 14.8. The summed E-state index contributed by atoms with van der Waals surface area (Å²) in [6.07, 6.45) is 0. The van der Waals surface area contributed by atoms with E-state index in [1.807, 2.05) is 0 Å². The SMILES string of the molecule is Cl.c1ccc(CN2CC(P(c3ccccc3)c3ccccc3)C(P(c3ccccc3)c3ccccc3)C2)cc1. The predicted molar refractivity (Wildman–Crippen MR) is 175 cm³/mol. The molecule has 0 aromatic heterocycles. The van der Waals surface area contributed by atoms with Crippen LogP contribution in [0.15, 0.2) is 152 Å². The summed E-state index contributed by atoms with van der Waals surface area (Å²) in [5.41, 5.74) is 2.52. The van der Waals surface area contributed by atoms with E-state index in [4.69, 9.17) is 0 Å². The van der Waals surface area contributed by atoms with Crippen LogP contribution in [0.25, 0.3) is 0 Å². The highest BCUT2D eigenvalue weighted by Crippen LogP contribution is 2.54. The molecule has 1 fully saturated rings. The standard InChI is InChI=1S/C35H33NP2.ClH/c1-6-16-29(17-7-1)26-36-27-34(37(30-18-8-2-9-19-30)31-20-10-3-11-21-31)35(28-36)38(32-22-12-4-13-23-32)33-24-14-5-15-25-33;/h1-25,34-35H,26-28H2;1H. The Morgan fingerprint density at radius 3 is 1.03 bits per heavy atom. The van der Waals surface area contributed by atoms with Crippen LogP contribution in [0.5, 0.6) is 0 Å². The van der Waals surface area contributed by atoms with E-state index in [-0.39, 0.29) is 12.4 Å². The van der Waals surface area contributed by atoms with Gasteiger partial charge in [-0.2, -0.15) is 0 Å². The maximum Gasteiger partial charge on any atom is 0.0234 e. The molecule has 39 heavy (non-hydrogen) atoms. The van der Waals surface area contributed by atoms with Crippen molar-refractivity contribution in [2.75, 3.05) is 13.1 Å². The zero-order valence-electron chi connectivity index (χ0n) is 22.0. The molecule has 4 heteroatoms. The summed E-state index contributed by atoms with van der Waals surface area (Å²) in [4.78, 5) is 2.73. The molecule has 0 bridgehead atoms. The van der Waals surface area contributed by atoms with Gasteiger partial charge in [0.05, 0.1) is 0 Å². The number of nitrogens with zero attached hydrogens (tertiary/aromatic N) is 1. The first-order chi connectivity index (χ1) is 18.9. The molecule has 0 amide bonds. The lowest BCUT2D eigenvalue weighted by Crippen LogP contribution is -2.34. The molecule has 0 radical (unpaired) electrons. The highest BCUT2D eigenvalue weighted by Gasteiger charge is 2.43. The molecule has 196 valence electrons. The minimum atomic E-state index is -0.531. The van der Waals surface area contributed by atoms with Gasteiger partial charge in [0.25, 0.3) is 0 Å². The quantitative estimate of drug-likeness (QED) is 0.184. The van der Waals surface area contributed by atoms with Crippen LogP contribution in [0.1, 0.15) is 5.56 Å². The van der Waals surface area contributed by atoms with Gasteiger partial charge in [-0.3, -0.25) is 4.90 Å². The van der Waals surface area contributed by atoms with E-state index in [1.165, 1.54) is 26.8 Å². The Hall–Kier alpha value is -2.79. The van der Waals surface area contributed by atoms with Gasteiger partial charge in [-0.25, -0.2) is 0 Å². The first-order valence-corrected chi connectivity index (χ1v) is 16.2. The van der Waals surface area contributed by atoms with Gasteiger partial charge in [0, 0.05) is 31.0 Å². The van der Waals surface area contributed by atoms with E-state index in [2.05, 4.69) is 157 Å². The number of hydrogen-bond donors (Lipinski definition) is 0. The second kappa shape index (κ2) is 13.5. The first-order valence-electron chi connectivity index (χ1n) is 13.4. The molecule has 0 aliphatic carbocycles. The molecule has 2 unspecified atom stereocenters. The van der Waals surface area contributed by atoms with Crippen molar-refractivity contribution in [3.05, 3.63) is 157 Å². The summed E-state index contributed by atoms with van der Waals surface area (Å²) in [7, 11) is -1.06. The summed E-state index contributed by atoms with van der Waals surface area (Å²) >= 11 is 0. The summed E-state index contributed by atoms with van der Waals surface area (Å²) in [6.45, 7) is 3.24. The Balaban J connectivity index is 0.00000308. The topological polar surface area (TPSA) is 3.24 Å². The molecule has 2 atom stereocenters. The van der Waals surface area contributed by atoms with Crippen LogP contribution >= 0.6 is 28.3 Å². The van der Waals surface area contributed by atoms with Crippen molar-refractivity contribution in [1.82, 2.24) is 4.90 Å². The van der Waals surface area contributed by atoms with Crippen LogP contribution < -0.4 is 21.2 Å². The normalized spacial score (nSPS) is 17.3. The van der Waals surface area contributed by atoms with Crippen LogP contribution in [0.3, 0.4) is 0 Å². The molecule has 1 aliphatic heterocycles. The summed E-state index contributed by atoms with van der Waals surface area (Å²) in [5, 5.41) is 5.95. The molecule has 0 N–H and O–H groups in total. The highest BCUT2D eigenvalue weighted by atomic mass is 35.5. The monoisotopic (exact) mass is 565 g/mol. The van der Waals surface area contributed by atoms with Crippen molar-refractivity contribution >= 4 is 49.5 Å². The maximum absolute atomic E-state index is 2.73. The Bertz CT molecular complexity index is 1230. The predicted octanol–water partition coefficient (Wildman–Crippen LogP) is 6.93. The zero-order chi connectivity index (χ0) is 25.6. The number of likely N-dealkylation sites (tertiary alicyclic amines) is 1. The number of benzene rings is 5. The largest absolute Gasteiger partial charge is 0.298 e. The van der Waals surface area contributed by atoms with Crippen molar-refractivity contribution in [3.8, 4) is 0 Å². The molecule has 0 spiro atoms. The molecule has 1 aliphatic rings. The van der Waals surface area contributed by atoms with Crippen molar-refractivity contribution in [1.29, 1.82) is 0 Å². The average Bonchev–Trinajstić information content (AvgIpc) is 3.38. The molecule has 1 saturated heterocycles. The molecular formula is C35H34ClNP2. The minimum absolute atomic E-state index is 0. The van der Waals surface area contributed by atoms with E-state index in [0.29, 0.717) is 11.3 Å². The number of hydrogen-bond acceptors (Lipinski definition) is 1. The fraction of sp³-hybridized carbons (Fsp3) is 0.143. The lowest BCUT2D eigenvalue weighted by atomic mass is 10.2. The van der Waals surface area contributed by atoms with Gasteiger partial charge in [0.2, 0.25) is 0 Å². The summed E-state index contributed by atoms with van der Waals surface area (Å²) in [5.74, 6) is 0. The van der Waals surface area contributed by atoms with Crippen molar-refractivity contribution in [2.24, 2.45) is 0 Å². The van der Waals surface area contributed by atoms with Gasteiger partial charge in [-0.1, -0.05) is 152 Å². The molecular weight excluding hydrogens is 532 g/mol. The number of rotatable bonds is 8. The van der Waals surface area contributed by atoms with Gasteiger partial charge >= 0.3 is 0 Å². The summed E-state index contributed by atoms with van der Waals surface area (Å²) in [6, 6.07) is 56.3. The molecule has 5 aromatic carbocycles. The van der Waals surface area contributed by atoms with E-state index < -0.39 is 15.8 Å². The molecule has 1 nitrogen and oxygen atoms in total. The molecule has 5 aromatic rings. The second-order valence-electron chi connectivity index (χ2n) is 9.90. The van der Waals surface area contributed by atoms with E-state index in [0.717, 1.165) is 19.6 Å². The van der Waals surface area contributed by atoms with Gasteiger partial charge in [-0.05, 0) is 42.6 Å². The fourth-order valence-corrected chi connectivity index (χ4v) is 12.3. The van der Waals surface area contributed by atoms with E-state index in [1.54, 1.807) is 0 Å². The van der Waals surface area contributed by atoms with Crippen LogP contribution in [-0.4, -0.2) is 29.3 Å². The fourth-order valence-electron chi connectivity index (χ4n) is 5.74. The minimum Gasteiger partial charge on any atom is -0.298 e. The van der Waals surface area contributed by atoms with Crippen LogP contribution in [0.4, 0.5) is 0 Å². The first kappa shape index (κ1) is 27.8. The molecule has 0 saturated carbocycles. The lowest BCUT2D eigenvalue weighted by molar-refractivity contribution is 0.333. The van der Waals surface area contributed by atoms with Gasteiger partial charge < -0.3 is 0 Å². The van der Waals surface area contributed by atoms with Gasteiger partial charge in [0.15, 0.2) is 0 Å². The maximum atomic E-state index is 2.73. The number of halogens is 1. The van der Waals surface area contributed by atoms with Crippen molar-refractivity contribution in [2.45, 2.75) is 17.9 Å². The van der Waals surface area contributed by atoms with E-state index in [9.17, 15) is 0 Å². The molecule has 6 rings (SSSR count). The third-order valence-corrected chi connectivity index (χ3v) is 13.4. The molecule has 1 heterocycles. The highest BCUT2D eigenvalue weighted by molar-refractivity contribution is 7.77. The Kier molecular flexibility index (Phi) is 9.62. The Morgan fingerprint density at radius 1 is 0.436 bits per heavy atom. The lowest BCUT2D eigenvalue weighted by Gasteiger charge is -2.34. The smallest absolute Gasteiger partial charge is 0.0234 e. The summed E-state index contributed by atoms with van der Waals surface area (Å²) < 4.78 is 0. The van der Waals surface area contributed by atoms with Crippen molar-refractivity contribution in [3.63, 3.8) is 0 Å². The zero-order valence-corrected chi connectivity index (χ0v) is 24.6.